The van der Waals surface area contributed by atoms with E-state index in [4.69, 9.17) is 87.6 Å². The molecule has 20 nitrogen and oxygen atoms in total. The Balaban J connectivity index is -0.0000000103. The van der Waals surface area contributed by atoms with Crippen LogP contribution in [0.3, 0.4) is 0 Å². The maximum Gasteiger partial charge on any atom is 1.00 e. The standard InChI is InChI=1S/10Na.5H2O4S/c;;;;;;;;;;5*1-5(2,3)4/h;;;;;;;;;;5*(H2,1,2,3,4)/q10*+1;;;;;/p-10. The maximum absolute atomic E-state index is 8.52. The normalized spacial score (nSPS) is 8.29. The van der Waals surface area contributed by atoms with Gasteiger partial charge in [0.05, 0.1) is 0 Å². The van der Waals surface area contributed by atoms with E-state index in [1.54, 1.807) is 0 Å². The van der Waals surface area contributed by atoms with E-state index in [1.165, 1.54) is 0 Å². The van der Waals surface area contributed by atoms with Crippen LogP contribution in [-0.4, -0.2) is 87.6 Å². The van der Waals surface area contributed by atoms with Crippen LogP contribution in [-0.2, 0) is 52.0 Å². The van der Waals surface area contributed by atoms with Gasteiger partial charge in [0.25, 0.3) is 0 Å². The molecule has 0 amide bonds. The molecule has 35 heavy (non-hydrogen) atoms. The predicted molar refractivity (Wildman–Crippen MR) is 52.4 cm³/mol. The SMILES string of the molecule is O=S(=O)([O-])[O-].O=S(=O)([O-])[O-].O=S(=O)([O-])[O-].O=S(=O)([O-])[O-].O=S(=O)([O-])[O-].[Na+].[Na+].[Na+].[Na+].[Na+].[Na+].[Na+].[Na+].[Na+].[Na+]. The fraction of sp³-hybridized carbons (Fsp3) is 0. The van der Waals surface area contributed by atoms with Crippen molar-refractivity contribution >= 4 is 52.0 Å². The molecule has 0 aliphatic carbocycles. The molecule has 0 unspecified atom stereocenters. The number of rotatable bonds is 0. The van der Waals surface area contributed by atoms with Crippen molar-refractivity contribution in [1.29, 1.82) is 0 Å². The van der Waals surface area contributed by atoms with Crippen molar-refractivity contribution in [2.75, 3.05) is 0 Å². The fourth-order valence-corrected chi connectivity index (χ4v) is 0. The molecular formula is Na10O20S5. The van der Waals surface area contributed by atoms with E-state index in [9.17, 15) is 0 Å². The molecule has 0 aliphatic rings. The Morgan fingerprint density at radius 3 is 0.200 bits per heavy atom. The van der Waals surface area contributed by atoms with Gasteiger partial charge in [-0.1, -0.05) is 0 Å². The summed E-state index contributed by atoms with van der Waals surface area (Å²) in [6.45, 7) is 0. The molecule has 0 bridgehead atoms. The van der Waals surface area contributed by atoms with Gasteiger partial charge < -0.3 is 45.5 Å². The number of hydrogen-bond donors (Lipinski definition) is 0. The Morgan fingerprint density at radius 1 is 0.200 bits per heavy atom. The van der Waals surface area contributed by atoms with Gasteiger partial charge in [0, 0.05) is 52.0 Å². The van der Waals surface area contributed by atoms with Crippen molar-refractivity contribution < 1.29 is 383 Å². The molecule has 160 valence electrons. The van der Waals surface area contributed by atoms with E-state index in [0.717, 1.165) is 0 Å². The van der Waals surface area contributed by atoms with Gasteiger partial charge in [0.15, 0.2) is 0 Å². The fourth-order valence-electron chi connectivity index (χ4n) is 0. The van der Waals surface area contributed by atoms with Crippen LogP contribution in [0, 0.1) is 0 Å². The van der Waals surface area contributed by atoms with Gasteiger partial charge in [0.1, 0.15) is 0 Å². The van der Waals surface area contributed by atoms with Gasteiger partial charge in [-0.3, -0.25) is 42.1 Å². The average molecular weight is 710 g/mol. The molecule has 0 aromatic carbocycles. The van der Waals surface area contributed by atoms with Crippen molar-refractivity contribution in [2.24, 2.45) is 0 Å². The molecule has 0 saturated heterocycles. The first-order chi connectivity index (χ1) is 10.0. The van der Waals surface area contributed by atoms with E-state index in [1.807, 2.05) is 0 Å². The third kappa shape index (κ3) is 848. The summed E-state index contributed by atoms with van der Waals surface area (Å²) in [7, 11) is -25.8. The molecule has 0 radical (unpaired) electrons. The quantitative estimate of drug-likeness (QED) is 0.128. The van der Waals surface area contributed by atoms with Gasteiger partial charge in [-0.05, 0) is 0 Å². The third-order valence-corrected chi connectivity index (χ3v) is 0. The molecule has 0 N–H and O–H groups in total. The monoisotopic (exact) mass is 710 g/mol. The number of hydrogen-bond acceptors (Lipinski definition) is 20. The molecule has 0 heterocycles. The van der Waals surface area contributed by atoms with E-state index in [2.05, 4.69) is 0 Å². The van der Waals surface area contributed by atoms with Crippen molar-refractivity contribution in [3.05, 3.63) is 0 Å². The van der Waals surface area contributed by atoms with Crippen LogP contribution in [0.25, 0.3) is 0 Å². The summed E-state index contributed by atoms with van der Waals surface area (Å²) >= 11 is 0. The van der Waals surface area contributed by atoms with Crippen LogP contribution in [0.4, 0.5) is 0 Å². The Bertz CT molecular complexity index is 638. The molecular weight excluding hydrogens is 710 g/mol. The van der Waals surface area contributed by atoms with E-state index >= 15 is 0 Å². The van der Waals surface area contributed by atoms with Gasteiger partial charge in [-0.15, -0.1) is 0 Å². The van der Waals surface area contributed by atoms with Gasteiger partial charge in [-0.2, -0.15) is 0 Å². The first-order valence-electron chi connectivity index (χ1n) is 3.33. The van der Waals surface area contributed by atoms with Crippen LogP contribution in [0.1, 0.15) is 0 Å². The first-order valence-corrected chi connectivity index (χ1v) is 10.0. The minimum atomic E-state index is -5.17. The Morgan fingerprint density at radius 2 is 0.200 bits per heavy atom. The predicted octanol–water partition coefficient (Wildman–Crippen LogP) is -36.6. The molecule has 0 saturated carbocycles. The van der Waals surface area contributed by atoms with Crippen LogP contribution in [0.5, 0.6) is 0 Å². The molecule has 0 aliphatic heterocycles. The minimum absolute atomic E-state index is 0. The van der Waals surface area contributed by atoms with Gasteiger partial charge >= 0.3 is 296 Å². The summed E-state index contributed by atoms with van der Waals surface area (Å²) in [5.41, 5.74) is 0. The van der Waals surface area contributed by atoms with Crippen LogP contribution >= 0.6 is 0 Å². The van der Waals surface area contributed by atoms with Crippen LogP contribution < -0.4 is 296 Å². The molecule has 0 atom stereocenters. The van der Waals surface area contributed by atoms with Crippen molar-refractivity contribution in [3.8, 4) is 0 Å². The van der Waals surface area contributed by atoms with Crippen molar-refractivity contribution in [3.63, 3.8) is 0 Å². The summed E-state index contributed by atoms with van der Waals surface area (Å²) in [5, 5.41) is 0. The zero-order chi connectivity index (χ0) is 22.5. The van der Waals surface area contributed by atoms with Crippen LogP contribution in [0.2, 0.25) is 0 Å². The average Bonchev–Trinajstić information content (AvgIpc) is 1.79. The topological polar surface area (TPSA) is 401 Å². The second-order valence-corrected chi connectivity index (χ2v) is 6.12. The largest absolute Gasteiger partial charge is 1.00 e. The smallest absolute Gasteiger partial charge is 0.759 e. The Hall–Kier alpha value is 9.35. The summed E-state index contributed by atoms with van der Waals surface area (Å²) in [6.07, 6.45) is 0. The Kier molecular flexibility index (Phi) is 139. The molecule has 0 spiro atoms. The summed E-state index contributed by atoms with van der Waals surface area (Å²) in [4.78, 5) is 0. The molecule has 0 aromatic heterocycles. The molecule has 0 aromatic rings. The maximum atomic E-state index is 8.52. The second-order valence-electron chi connectivity index (χ2n) is 2.04. The zero-order valence-corrected chi connectivity index (χ0v) is 44.3. The van der Waals surface area contributed by atoms with E-state index < -0.39 is 52.0 Å². The summed E-state index contributed by atoms with van der Waals surface area (Å²) in [5.74, 6) is 0. The minimum Gasteiger partial charge on any atom is -0.759 e. The van der Waals surface area contributed by atoms with Gasteiger partial charge in [-0.25, -0.2) is 0 Å². The molecule has 0 rings (SSSR count). The summed E-state index contributed by atoms with van der Waals surface area (Å²) < 4.78 is 170. The van der Waals surface area contributed by atoms with E-state index in [0.29, 0.717) is 0 Å². The van der Waals surface area contributed by atoms with Crippen molar-refractivity contribution in [1.82, 2.24) is 0 Å². The third-order valence-electron chi connectivity index (χ3n) is 0. The van der Waals surface area contributed by atoms with Crippen LogP contribution in [0.15, 0.2) is 0 Å². The molecule has 0 fully saturated rings. The van der Waals surface area contributed by atoms with E-state index in [-0.39, 0.29) is 296 Å². The summed E-state index contributed by atoms with van der Waals surface area (Å²) in [6, 6.07) is 0. The first kappa shape index (κ1) is 96.8. The molecule has 35 heteroatoms. The zero-order valence-electron chi connectivity index (χ0n) is 20.2. The van der Waals surface area contributed by atoms with Crippen molar-refractivity contribution in [2.45, 2.75) is 0 Å². The second kappa shape index (κ2) is 50.2. The van der Waals surface area contributed by atoms with Gasteiger partial charge in [0.2, 0.25) is 0 Å². The Labute approximate surface area is 424 Å².